The number of para-hydroxylation sites is 1. The molecule has 0 N–H and O–H groups in total. The zero-order chi connectivity index (χ0) is 23.4. The van der Waals surface area contributed by atoms with E-state index in [1.165, 1.54) is 23.1 Å². The number of amides is 2. The van der Waals surface area contributed by atoms with Crippen LogP contribution in [0.15, 0.2) is 60.8 Å². The van der Waals surface area contributed by atoms with Gasteiger partial charge >= 0.3 is 6.61 Å². The first-order valence-corrected chi connectivity index (χ1v) is 10.3. The molecule has 10 heteroatoms. The Balaban J connectivity index is 1.39. The van der Waals surface area contributed by atoms with Gasteiger partial charge in [0.25, 0.3) is 11.8 Å². The molecule has 1 aromatic heterocycles. The Hall–Kier alpha value is -3.95. The van der Waals surface area contributed by atoms with E-state index in [0.29, 0.717) is 18.8 Å². The van der Waals surface area contributed by atoms with Crippen LogP contribution in [0.1, 0.15) is 20.8 Å². The molecule has 1 aliphatic heterocycles. The normalized spacial score (nSPS) is 13.8. The largest absolute Gasteiger partial charge is 0.497 e. The van der Waals surface area contributed by atoms with Crippen LogP contribution in [0.4, 0.5) is 8.78 Å². The van der Waals surface area contributed by atoms with Gasteiger partial charge in [0.15, 0.2) is 5.69 Å². The number of piperazine rings is 1. The van der Waals surface area contributed by atoms with E-state index in [2.05, 4.69) is 9.84 Å². The van der Waals surface area contributed by atoms with Gasteiger partial charge in [-0.05, 0) is 42.5 Å². The highest BCUT2D eigenvalue weighted by atomic mass is 19.3. The second kappa shape index (κ2) is 9.68. The molecule has 1 aliphatic rings. The third-order valence-corrected chi connectivity index (χ3v) is 5.33. The first kappa shape index (κ1) is 22.3. The molecule has 2 amide bonds. The molecule has 0 atom stereocenters. The predicted octanol–water partition coefficient (Wildman–Crippen LogP) is 3.08. The molecule has 0 bridgehead atoms. The van der Waals surface area contributed by atoms with Crippen LogP contribution < -0.4 is 9.47 Å². The molecule has 8 nitrogen and oxygen atoms in total. The summed E-state index contributed by atoms with van der Waals surface area (Å²) in [5.74, 6) is -0.101. The molecular formula is C23H22F2N4O4. The number of methoxy groups -OCH3 is 1. The first-order valence-electron chi connectivity index (χ1n) is 10.3. The smallest absolute Gasteiger partial charge is 0.387 e. The van der Waals surface area contributed by atoms with E-state index in [1.807, 2.05) is 12.1 Å². The molecule has 1 saturated heterocycles. The number of rotatable bonds is 6. The second-order valence-corrected chi connectivity index (χ2v) is 7.30. The molecule has 0 spiro atoms. The lowest BCUT2D eigenvalue weighted by atomic mass is 10.1. The number of carbonyl (C=O) groups is 2. The Labute approximate surface area is 188 Å². The third-order valence-electron chi connectivity index (χ3n) is 5.33. The fourth-order valence-electron chi connectivity index (χ4n) is 3.60. The number of aromatic nitrogens is 2. The minimum absolute atomic E-state index is 0.0656. The number of nitrogens with zero attached hydrogens (tertiary/aromatic N) is 4. The molecular weight excluding hydrogens is 434 g/mol. The summed E-state index contributed by atoms with van der Waals surface area (Å²) in [6, 6.07) is 14.8. The molecule has 0 radical (unpaired) electrons. The van der Waals surface area contributed by atoms with E-state index in [0.717, 1.165) is 11.4 Å². The summed E-state index contributed by atoms with van der Waals surface area (Å²) in [5, 5.41) is 4.37. The highest BCUT2D eigenvalue weighted by Gasteiger charge is 2.28. The van der Waals surface area contributed by atoms with Crippen LogP contribution in [-0.2, 0) is 0 Å². The first-order chi connectivity index (χ1) is 16.0. The van der Waals surface area contributed by atoms with Crippen molar-refractivity contribution in [3.05, 3.63) is 72.1 Å². The van der Waals surface area contributed by atoms with Gasteiger partial charge in [-0.2, -0.15) is 13.9 Å². The Morgan fingerprint density at radius 3 is 2.18 bits per heavy atom. The van der Waals surface area contributed by atoms with Crippen LogP contribution in [0.25, 0.3) is 5.69 Å². The fraction of sp³-hybridized carbons (Fsp3) is 0.261. The molecule has 0 unspecified atom stereocenters. The molecule has 4 rings (SSSR count). The fourth-order valence-corrected chi connectivity index (χ4v) is 3.60. The quantitative estimate of drug-likeness (QED) is 0.570. The Morgan fingerprint density at radius 1 is 0.909 bits per heavy atom. The SMILES string of the molecule is COc1ccc(-n2ccc(C(=O)N3CCN(C(=O)c4ccccc4OC(F)F)CC3)n2)cc1. The van der Waals surface area contributed by atoms with Crippen molar-refractivity contribution in [3.63, 3.8) is 0 Å². The van der Waals surface area contributed by atoms with Gasteiger partial charge in [-0.1, -0.05) is 12.1 Å². The molecule has 2 heterocycles. The van der Waals surface area contributed by atoms with Crippen molar-refractivity contribution in [2.24, 2.45) is 0 Å². The monoisotopic (exact) mass is 456 g/mol. The van der Waals surface area contributed by atoms with E-state index < -0.39 is 12.5 Å². The number of ether oxygens (including phenoxy) is 2. The number of benzene rings is 2. The van der Waals surface area contributed by atoms with Crippen molar-refractivity contribution in [2.75, 3.05) is 33.3 Å². The van der Waals surface area contributed by atoms with Crippen LogP contribution in [0, 0.1) is 0 Å². The van der Waals surface area contributed by atoms with Gasteiger partial charge < -0.3 is 19.3 Å². The summed E-state index contributed by atoms with van der Waals surface area (Å²) in [6.07, 6.45) is 1.70. The Morgan fingerprint density at radius 2 is 1.55 bits per heavy atom. The number of alkyl halides is 2. The van der Waals surface area contributed by atoms with Gasteiger partial charge in [0.2, 0.25) is 0 Å². The lowest BCUT2D eigenvalue weighted by Gasteiger charge is -2.34. The third kappa shape index (κ3) is 4.94. The van der Waals surface area contributed by atoms with Crippen LogP contribution in [0.3, 0.4) is 0 Å². The predicted molar refractivity (Wildman–Crippen MR) is 115 cm³/mol. The van der Waals surface area contributed by atoms with Crippen LogP contribution >= 0.6 is 0 Å². The number of hydrogen-bond acceptors (Lipinski definition) is 5. The van der Waals surface area contributed by atoms with E-state index in [1.54, 1.807) is 47.2 Å². The molecule has 33 heavy (non-hydrogen) atoms. The van der Waals surface area contributed by atoms with Crippen molar-refractivity contribution in [2.45, 2.75) is 6.61 Å². The van der Waals surface area contributed by atoms with E-state index >= 15 is 0 Å². The lowest BCUT2D eigenvalue weighted by Crippen LogP contribution is -2.50. The molecule has 2 aromatic carbocycles. The highest BCUT2D eigenvalue weighted by Crippen LogP contribution is 2.23. The summed E-state index contributed by atoms with van der Waals surface area (Å²) in [4.78, 5) is 28.9. The maximum atomic E-state index is 12.9. The Kier molecular flexibility index (Phi) is 6.53. The lowest BCUT2D eigenvalue weighted by molar-refractivity contribution is -0.0503. The summed E-state index contributed by atoms with van der Waals surface area (Å²) in [7, 11) is 1.59. The maximum absolute atomic E-state index is 12.9. The van der Waals surface area contributed by atoms with E-state index in [9.17, 15) is 18.4 Å². The van der Waals surface area contributed by atoms with Crippen LogP contribution in [0.2, 0.25) is 0 Å². The minimum atomic E-state index is -3.02. The van der Waals surface area contributed by atoms with Gasteiger partial charge in [0.05, 0.1) is 18.4 Å². The summed E-state index contributed by atoms with van der Waals surface area (Å²) < 4.78 is 36.5. The minimum Gasteiger partial charge on any atom is -0.497 e. The molecule has 172 valence electrons. The van der Waals surface area contributed by atoms with E-state index in [-0.39, 0.29) is 30.3 Å². The maximum Gasteiger partial charge on any atom is 0.387 e. The number of carbonyl (C=O) groups excluding carboxylic acids is 2. The zero-order valence-corrected chi connectivity index (χ0v) is 17.9. The molecule has 0 saturated carbocycles. The van der Waals surface area contributed by atoms with Gasteiger partial charge in [0.1, 0.15) is 11.5 Å². The number of hydrogen-bond donors (Lipinski definition) is 0. The average Bonchev–Trinajstić information content (AvgIpc) is 3.34. The van der Waals surface area contributed by atoms with E-state index in [4.69, 9.17) is 4.74 Å². The van der Waals surface area contributed by atoms with Crippen molar-refractivity contribution in [3.8, 4) is 17.2 Å². The highest BCUT2D eigenvalue weighted by molar-refractivity contribution is 5.97. The average molecular weight is 456 g/mol. The molecule has 0 aliphatic carbocycles. The number of halogens is 2. The van der Waals surface area contributed by atoms with Crippen molar-refractivity contribution in [1.82, 2.24) is 19.6 Å². The molecule has 1 fully saturated rings. The van der Waals surface area contributed by atoms with Gasteiger partial charge in [0, 0.05) is 32.4 Å². The summed E-state index contributed by atoms with van der Waals surface area (Å²) in [5.41, 5.74) is 1.15. The van der Waals surface area contributed by atoms with Crippen molar-refractivity contribution >= 4 is 11.8 Å². The second-order valence-electron chi connectivity index (χ2n) is 7.30. The summed E-state index contributed by atoms with van der Waals surface area (Å²) in [6.45, 7) is -1.87. The molecule has 3 aromatic rings. The van der Waals surface area contributed by atoms with Gasteiger partial charge in [-0.3, -0.25) is 9.59 Å². The summed E-state index contributed by atoms with van der Waals surface area (Å²) >= 11 is 0. The van der Waals surface area contributed by atoms with Crippen molar-refractivity contribution < 1.29 is 27.8 Å². The van der Waals surface area contributed by atoms with Crippen LogP contribution in [-0.4, -0.2) is 71.3 Å². The van der Waals surface area contributed by atoms with Gasteiger partial charge in [-0.15, -0.1) is 0 Å². The van der Waals surface area contributed by atoms with Crippen molar-refractivity contribution in [1.29, 1.82) is 0 Å². The standard InChI is InChI=1S/C23H22F2N4O4/c1-32-17-8-6-16(7-9-17)29-11-10-19(26-29)22(31)28-14-12-27(13-15-28)21(30)18-4-2-3-5-20(18)33-23(24)25/h2-11,23H,12-15H2,1H3. The zero-order valence-electron chi connectivity index (χ0n) is 17.9. The topological polar surface area (TPSA) is 76.9 Å². The van der Waals surface area contributed by atoms with Crippen LogP contribution in [0.5, 0.6) is 11.5 Å². The Bertz CT molecular complexity index is 1130. The van der Waals surface area contributed by atoms with Gasteiger partial charge in [-0.25, -0.2) is 4.68 Å².